The molecule has 0 saturated heterocycles. The molecule has 0 unspecified atom stereocenters. The van der Waals surface area contributed by atoms with Gasteiger partial charge < -0.3 is 15.5 Å². The lowest BCUT2D eigenvalue weighted by molar-refractivity contribution is -0.597. The van der Waals surface area contributed by atoms with Crippen LogP contribution in [-0.4, -0.2) is 20.7 Å². The Morgan fingerprint density at radius 1 is 1.14 bits per heavy atom. The molecule has 3 rings (SSSR count). The van der Waals surface area contributed by atoms with Gasteiger partial charge >= 0.3 is 5.56 Å². The highest BCUT2D eigenvalue weighted by Crippen LogP contribution is 2.35. The lowest BCUT2D eigenvalue weighted by atomic mass is 10.2. The summed E-state index contributed by atoms with van der Waals surface area (Å²) < 4.78 is 2.71. The molecule has 1 amide bonds. The first-order chi connectivity index (χ1) is 13.8. The minimum Gasteiger partial charge on any atom is -0.506 e. The van der Waals surface area contributed by atoms with Gasteiger partial charge in [0.25, 0.3) is 5.69 Å². The van der Waals surface area contributed by atoms with Crippen LogP contribution in [0.2, 0.25) is 0 Å². The fraction of sp³-hybridized carbons (Fsp3) is 0.150. The van der Waals surface area contributed by atoms with Gasteiger partial charge in [-0.2, -0.15) is 4.57 Å². The summed E-state index contributed by atoms with van der Waals surface area (Å²) in [5.74, 6) is -0.805. The van der Waals surface area contributed by atoms with E-state index in [9.17, 15) is 19.8 Å². The van der Waals surface area contributed by atoms with Gasteiger partial charge in [-0.3, -0.25) is 14.2 Å². The third-order valence-electron chi connectivity index (χ3n) is 4.27. The van der Waals surface area contributed by atoms with Crippen molar-refractivity contribution in [2.24, 2.45) is 17.3 Å². The van der Waals surface area contributed by atoms with Crippen LogP contribution in [-0.2, 0) is 11.8 Å². The van der Waals surface area contributed by atoms with E-state index >= 15 is 0 Å². The number of carbonyl (C=O) groups is 1. The largest absolute Gasteiger partial charge is 0.506 e. The van der Waals surface area contributed by atoms with E-state index in [1.807, 2.05) is 6.07 Å². The second kappa shape index (κ2) is 7.93. The third-order valence-corrected chi connectivity index (χ3v) is 4.27. The first-order valence-electron chi connectivity index (χ1n) is 8.71. The van der Waals surface area contributed by atoms with Crippen LogP contribution in [0, 0.1) is 6.92 Å². The number of pyridine rings is 2. The van der Waals surface area contributed by atoms with E-state index in [1.165, 1.54) is 26.1 Å². The summed E-state index contributed by atoms with van der Waals surface area (Å²) in [6.07, 6.45) is 3.43. The summed E-state index contributed by atoms with van der Waals surface area (Å²) in [5, 5.41) is 31.2. The monoisotopic (exact) mass is 394 g/mol. The van der Waals surface area contributed by atoms with E-state index in [1.54, 1.807) is 42.1 Å². The summed E-state index contributed by atoms with van der Waals surface area (Å²) in [7, 11) is 1.43. The predicted molar refractivity (Wildman–Crippen MR) is 106 cm³/mol. The number of aromatic nitrogens is 2. The van der Waals surface area contributed by atoms with Crippen LogP contribution in [0.4, 0.5) is 17.1 Å². The van der Waals surface area contributed by atoms with Crippen molar-refractivity contribution in [1.29, 1.82) is 0 Å². The molecule has 9 heteroatoms. The Balaban J connectivity index is 2.07. The zero-order chi connectivity index (χ0) is 21.1. The van der Waals surface area contributed by atoms with E-state index in [4.69, 9.17) is 0 Å². The average molecular weight is 394 g/mol. The number of nitrogens with zero attached hydrogens (tertiary/aromatic N) is 4. The molecule has 3 N–H and O–H groups in total. The number of aromatic hydroxyl groups is 2. The number of rotatable bonds is 4. The Morgan fingerprint density at radius 3 is 2.45 bits per heavy atom. The van der Waals surface area contributed by atoms with E-state index in [2.05, 4.69) is 15.5 Å². The van der Waals surface area contributed by atoms with Crippen LogP contribution in [0.25, 0.3) is 5.69 Å². The van der Waals surface area contributed by atoms with Crippen molar-refractivity contribution in [3.8, 4) is 17.3 Å². The van der Waals surface area contributed by atoms with E-state index in [0.717, 1.165) is 4.57 Å². The number of benzene rings is 1. The Labute approximate surface area is 166 Å². The first kappa shape index (κ1) is 19.7. The summed E-state index contributed by atoms with van der Waals surface area (Å²) in [6.45, 7) is 3.02. The van der Waals surface area contributed by atoms with Crippen molar-refractivity contribution in [3.63, 3.8) is 0 Å². The molecule has 2 heterocycles. The number of anilines is 1. The van der Waals surface area contributed by atoms with Gasteiger partial charge in [-0.15, -0.1) is 10.2 Å². The van der Waals surface area contributed by atoms with Crippen LogP contribution in [0.5, 0.6) is 11.6 Å². The molecule has 3 aromatic rings. The zero-order valence-electron chi connectivity index (χ0n) is 16.1. The molecule has 0 spiro atoms. The molecule has 0 bridgehead atoms. The number of hydrogen-bond acceptors (Lipinski definition) is 6. The number of phenols is 1. The summed E-state index contributed by atoms with van der Waals surface area (Å²) in [6, 6.07) is 9.77. The minimum atomic E-state index is -0.391. The number of amides is 1. The van der Waals surface area contributed by atoms with E-state index in [0.29, 0.717) is 16.9 Å². The highest BCUT2D eigenvalue weighted by Gasteiger charge is 2.24. The van der Waals surface area contributed by atoms with Gasteiger partial charge in [0.15, 0.2) is 18.1 Å². The maximum absolute atomic E-state index is 12.7. The van der Waals surface area contributed by atoms with Crippen LogP contribution >= 0.6 is 0 Å². The fourth-order valence-corrected chi connectivity index (χ4v) is 2.82. The Hall–Kier alpha value is -4.01. The highest BCUT2D eigenvalue weighted by molar-refractivity contribution is 5.89. The van der Waals surface area contributed by atoms with Crippen molar-refractivity contribution >= 4 is 23.0 Å². The van der Waals surface area contributed by atoms with Crippen molar-refractivity contribution in [2.75, 3.05) is 5.32 Å². The van der Waals surface area contributed by atoms with Crippen molar-refractivity contribution in [3.05, 3.63) is 64.7 Å². The first-order valence-corrected chi connectivity index (χ1v) is 8.71. The number of carbonyl (C=O) groups excluding carboxylic acids is 1. The van der Waals surface area contributed by atoms with Gasteiger partial charge in [0.05, 0.1) is 5.56 Å². The molecule has 0 saturated carbocycles. The number of phenolic OH excluding ortho intramolecular Hbond substituents is 1. The maximum atomic E-state index is 12.7. The van der Waals surface area contributed by atoms with Gasteiger partial charge in [-0.05, 0) is 19.1 Å². The van der Waals surface area contributed by atoms with E-state index < -0.39 is 5.56 Å². The molecule has 1 aromatic carbocycles. The lowest BCUT2D eigenvalue weighted by Gasteiger charge is -2.09. The smallest absolute Gasteiger partial charge is 0.326 e. The summed E-state index contributed by atoms with van der Waals surface area (Å²) in [5.41, 5.74) is 1.02. The molecule has 2 aromatic heterocycles. The van der Waals surface area contributed by atoms with Crippen LogP contribution in [0.1, 0.15) is 12.5 Å². The molecule has 0 radical (unpaired) electrons. The summed E-state index contributed by atoms with van der Waals surface area (Å²) in [4.78, 5) is 23.8. The van der Waals surface area contributed by atoms with Crippen LogP contribution in [0.3, 0.4) is 0 Å². The molecule has 9 nitrogen and oxygen atoms in total. The number of hydrogen-bond donors (Lipinski definition) is 3. The van der Waals surface area contributed by atoms with E-state index in [-0.39, 0.29) is 28.9 Å². The van der Waals surface area contributed by atoms with Crippen LogP contribution < -0.4 is 15.4 Å². The molecule has 148 valence electrons. The average Bonchev–Trinajstić information content (AvgIpc) is 2.68. The summed E-state index contributed by atoms with van der Waals surface area (Å²) >= 11 is 0. The lowest BCUT2D eigenvalue weighted by Crippen LogP contribution is -2.39. The second-order valence-corrected chi connectivity index (χ2v) is 6.38. The fourth-order valence-electron chi connectivity index (χ4n) is 2.82. The predicted octanol–water partition coefficient (Wildman–Crippen LogP) is 2.76. The van der Waals surface area contributed by atoms with Gasteiger partial charge in [0, 0.05) is 37.9 Å². The molecule has 0 aliphatic rings. The van der Waals surface area contributed by atoms with Gasteiger partial charge in [0.1, 0.15) is 11.4 Å². The van der Waals surface area contributed by atoms with Gasteiger partial charge in [0.2, 0.25) is 11.8 Å². The topological polar surface area (TPSA) is 120 Å². The molecule has 0 aliphatic carbocycles. The molecule has 0 fully saturated rings. The Kier molecular flexibility index (Phi) is 5.40. The number of nitrogens with one attached hydrogen (secondary N) is 1. The molecule has 0 aliphatic heterocycles. The van der Waals surface area contributed by atoms with Gasteiger partial charge in [-0.25, -0.2) is 0 Å². The third kappa shape index (κ3) is 3.98. The normalized spacial score (nSPS) is 11.0. The molecular formula is C20H20N5O4+. The molecular weight excluding hydrogens is 374 g/mol. The highest BCUT2D eigenvalue weighted by atomic mass is 16.3. The molecule has 29 heavy (non-hydrogen) atoms. The Morgan fingerprint density at radius 2 is 1.83 bits per heavy atom. The van der Waals surface area contributed by atoms with Crippen molar-refractivity contribution < 1.29 is 19.6 Å². The van der Waals surface area contributed by atoms with Gasteiger partial charge in [-0.1, -0.05) is 6.07 Å². The SMILES string of the molecule is CC(=O)Nc1ccc(N=Nc2c(C)c(-[n+]3ccccc3)c(=O)n(C)c2O)c(O)c1. The maximum Gasteiger partial charge on any atom is 0.326 e. The van der Waals surface area contributed by atoms with Crippen LogP contribution in [0.15, 0.2) is 63.8 Å². The second-order valence-electron chi connectivity index (χ2n) is 6.38. The Bertz CT molecular complexity index is 1170. The number of azo groups is 1. The van der Waals surface area contributed by atoms with Crippen molar-refractivity contribution in [1.82, 2.24) is 4.57 Å². The molecule has 0 atom stereocenters. The standard InChI is InChI=1S/C20H19N5O4/c1-12-17(23-22-15-8-7-14(11-16(15)27)21-13(2)26)19(28)24(3)20(29)18(12)25-9-5-4-6-10-25/h4-11H,1-3H3,(H2-,21,22,23,26,27,28,29)/p+1. The minimum absolute atomic E-state index is 0.101. The quantitative estimate of drug-likeness (QED) is 0.465. The zero-order valence-corrected chi connectivity index (χ0v) is 16.1. The van der Waals surface area contributed by atoms with Crippen molar-refractivity contribution in [2.45, 2.75) is 13.8 Å².